The Kier molecular flexibility index (Phi) is 3.86. The Morgan fingerprint density at radius 2 is 2.18 bits per heavy atom. The third kappa shape index (κ3) is 2.98. The summed E-state index contributed by atoms with van der Waals surface area (Å²) in [6.45, 7) is 3.45. The van der Waals surface area contributed by atoms with Crippen LogP contribution < -0.4 is 15.8 Å². The Bertz CT molecular complexity index is 695. The number of nitrogens with one attached hydrogen (secondary N) is 2. The van der Waals surface area contributed by atoms with Gasteiger partial charge in [0.2, 0.25) is 5.91 Å². The van der Waals surface area contributed by atoms with Crippen molar-refractivity contribution in [1.29, 1.82) is 0 Å². The van der Waals surface area contributed by atoms with E-state index in [1.807, 2.05) is 25.1 Å². The minimum Gasteiger partial charge on any atom is -0.356 e. The number of carbonyl (C=O) groups excluding carboxylic acids is 1. The molecular formula is C15H17N5O2. The van der Waals surface area contributed by atoms with Gasteiger partial charge in [0, 0.05) is 25.4 Å². The molecular weight excluding hydrogens is 282 g/mol. The van der Waals surface area contributed by atoms with Crippen molar-refractivity contribution in [2.75, 3.05) is 23.3 Å². The highest BCUT2D eigenvalue weighted by molar-refractivity contribution is 5.92. The van der Waals surface area contributed by atoms with Crippen molar-refractivity contribution in [3.8, 4) is 0 Å². The number of pyridine rings is 1. The van der Waals surface area contributed by atoms with Crippen LogP contribution in [0.2, 0.25) is 0 Å². The maximum absolute atomic E-state index is 12.4. The van der Waals surface area contributed by atoms with Crippen LogP contribution in [0.25, 0.3) is 0 Å². The molecule has 0 aromatic carbocycles. The molecule has 1 aliphatic heterocycles. The fraction of sp³-hybridized carbons (Fsp3) is 0.333. The first kappa shape index (κ1) is 14.2. The molecule has 1 aliphatic rings. The summed E-state index contributed by atoms with van der Waals surface area (Å²) in [7, 11) is 0. The molecule has 0 aliphatic carbocycles. The Hall–Kier alpha value is -2.70. The van der Waals surface area contributed by atoms with E-state index in [1.165, 1.54) is 12.1 Å². The lowest BCUT2D eigenvalue weighted by Gasteiger charge is -2.16. The summed E-state index contributed by atoms with van der Waals surface area (Å²) in [5.74, 6) is 1.21. The molecule has 2 atom stereocenters. The first-order valence-corrected chi connectivity index (χ1v) is 7.16. The van der Waals surface area contributed by atoms with Gasteiger partial charge in [0.15, 0.2) is 5.82 Å². The molecule has 2 aromatic heterocycles. The molecule has 22 heavy (non-hydrogen) atoms. The molecule has 7 heteroatoms. The molecule has 2 aromatic rings. The maximum Gasteiger partial charge on any atom is 0.264 e. The molecule has 0 saturated carbocycles. The summed E-state index contributed by atoms with van der Waals surface area (Å²) < 4.78 is 0. The average Bonchev–Trinajstić information content (AvgIpc) is 2.92. The number of anilines is 2. The number of carbonyl (C=O) groups is 1. The van der Waals surface area contributed by atoms with Gasteiger partial charge >= 0.3 is 0 Å². The quantitative estimate of drug-likeness (QED) is 0.878. The topological polar surface area (TPSA) is 91.0 Å². The summed E-state index contributed by atoms with van der Waals surface area (Å²) in [5.41, 5.74) is -0.298. The van der Waals surface area contributed by atoms with E-state index in [-0.39, 0.29) is 23.3 Å². The third-order valence-corrected chi connectivity index (χ3v) is 3.85. The monoisotopic (exact) mass is 299 g/mol. The van der Waals surface area contributed by atoms with Gasteiger partial charge in [-0.2, -0.15) is 5.10 Å². The first-order chi connectivity index (χ1) is 10.6. The number of H-pyrrole nitrogens is 1. The van der Waals surface area contributed by atoms with Crippen LogP contribution in [0.5, 0.6) is 0 Å². The summed E-state index contributed by atoms with van der Waals surface area (Å²) in [4.78, 5) is 29.8. The van der Waals surface area contributed by atoms with Crippen molar-refractivity contribution >= 4 is 17.5 Å². The van der Waals surface area contributed by atoms with Gasteiger partial charge in [-0.25, -0.2) is 10.1 Å². The lowest BCUT2D eigenvalue weighted by molar-refractivity contribution is -0.120. The molecule has 1 amide bonds. The highest BCUT2D eigenvalue weighted by atomic mass is 16.2. The second-order valence-corrected chi connectivity index (χ2v) is 5.47. The molecule has 0 radical (unpaired) electrons. The fourth-order valence-electron chi connectivity index (χ4n) is 2.67. The van der Waals surface area contributed by atoms with Crippen LogP contribution in [0.3, 0.4) is 0 Å². The third-order valence-electron chi connectivity index (χ3n) is 3.85. The van der Waals surface area contributed by atoms with E-state index in [4.69, 9.17) is 0 Å². The number of hydrogen-bond donors (Lipinski definition) is 2. The molecule has 0 unspecified atom stereocenters. The highest BCUT2D eigenvalue weighted by Gasteiger charge is 2.35. The number of amides is 1. The lowest BCUT2D eigenvalue weighted by atomic mass is 9.97. The van der Waals surface area contributed by atoms with Gasteiger partial charge in [0.1, 0.15) is 5.82 Å². The van der Waals surface area contributed by atoms with Crippen LogP contribution in [0.15, 0.2) is 41.3 Å². The second kappa shape index (κ2) is 5.97. The number of aromatic amines is 1. The first-order valence-electron chi connectivity index (χ1n) is 7.16. The van der Waals surface area contributed by atoms with Crippen LogP contribution in [0.4, 0.5) is 11.6 Å². The smallest absolute Gasteiger partial charge is 0.264 e. The number of aromatic nitrogens is 3. The Balaban J connectivity index is 1.68. The maximum atomic E-state index is 12.4. The predicted octanol–water partition coefficient (Wildman–Crippen LogP) is 0.876. The van der Waals surface area contributed by atoms with Crippen molar-refractivity contribution in [3.63, 3.8) is 0 Å². The highest BCUT2D eigenvalue weighted by Crippen LogP contribution is 2.27. The van der Waals surface area contributed by atoms with E-state index in [0.29, 0.717) is 12.4 Å². The van der Waals surface area contributed by atoms with Crippen LogP contribution in [-0.2, 0) is 4.79 Å². The summed E-state index contributed by atoms with van der Waals surface area (Å²) in [5, 5.41) is 8.84. The van der Waals surface area contributed by atoms with Crippen LogP contribution in [0.1, 0.15) is 6.92 Å². The van der Waals surface area contributed by atoms with Gasteiger partial charge in [-0.3, -0.25) is 9.59 Å². The van der Waals surface area contributed by atoms with Gasteiger partial charge in [0.05, 0.1) is 5.92 Å². The van der Waals surface area contributed by atoms with Crippen molar-refractivity contribution in [1.82, 2.24) is 15.2 Å². The van der Waals surface area contributed by atoms with E-state index < -0.39 is 0 Å². The molecule has 114 valence electrons. The van der Waals surface area contributed by atoms with Crippen molar-refractivity contribution in [2.24, 2.45) is 11.8 Å². The van der Waals surface area contributed by atoms with Crippen LogP contribution >= 0.6 is 0 Å². The van der Waals surface area contributed by atoms with Gasteiger partial charge < -0.3 is 10.2 Å². The molecule has 3 rings (SSSR count). The summed E-state index contributed by atoms with van der Waals surface area (Å²) >= 11 is 0. The fourth-order valence-corrected chi connectivity index (χ4v) is 2.67. The van der Waals surface area contributed by atoms with Gasteiger partial charge in [0.25, 0.3) is 5.56 Å². The Morgan fingerprint density at radius 3 is 2.86 bits per heavy atom. The van der Waals surface area contributed by atoms with Crippen molar-refractivity contribution in [2.45, 2.75) is 6.92 Å². The van der Waals surface area contributed by atoms with Gasteiger partial charge in [-0.15, -0.1) is 0 Å². The Labute approximate surface area is 127 Å². The van der Waals surface area contributed by atoms with Gasteiger partial charge in [-0.05, 0) is 24.1 Å². The molecule has 2 N–H and O–H groups in total. The molecule has 0 bridgehead atoms. The van der Waals surface area contributed by atoms with Crippen molar-refractivity contribution < 1.29 is 4.79 Å². The second-order valence-electron chi connectivity index (χ2n) is 5.47. The van der Waals surface area contributed by atoms with E-state index in [9.17, 15) is 9.59 Å². The van der Waals surface area contributed by atoms with Crippen LogP contribution in [0, 0.1) is 11.8 Å². The molecule has 1 saturated heterocycles. The van der Waals surface area contributed by atoms with E-state index in [0.717, 1.165) is 12.4 Å². The predicted molar refractivity (Wildman–Crippen MR) is 82.6 cm³/mol. The summed E-state index contributed by atoms with van der Waals surface area (Å²) in [6.07, 6.45) is 1.75. The van der Waals surface area contributed by atoms with Gasteiger partial charge in [-0.1, -0.05) is 13.0 Å². The van der Waals surface area contributed by atoms with E-state index in [2.05, 4.69) is 25.4 Å². The standard InChI is InChI=1S/C15H17N5O2/c1-10-8-20(13-4-2-3-7-16-13)9-11(10)15(22)17-12-5-6-14(21)19-18-12/h2-7,10-11H,8-9H2,1H3,(H,19,21)(H,17,18,22)/t10-,11-/m1/s1. The molecule has 1 fully saturated rings. The normalized spacial score (nSPS) is 20.9. The SMILES string of the molecule is C[C@@H]1CN(c2ccccn2)C[C@H]1C(=O)Nc1ccc(=O)[nH]n1. The number of nitrogens with zero attached hydrogens (tertiary/aromatic N) is 3. The molecule has 7 nitrogen and oxygen atoms in total. The zero-order chi connectivity index (χ0) is 15.5. The Morgan fingerprint density at radius 1 is 1.32 bits per heavy atom. The lowest BCUT2D eigenvalue weighted by Crippen LogP contribution is -2.29. The largest absolute Gasteiger partial charge is 0.356 e. The summed E-state index contributed by atoms with van der Waals surface area (Å²) in [6, 6.07) is 8.57. The minimum atomic E-state index is -0.298. The van der Waals surface area contributed by atoms with E-state index >= 15 is 0 Å². The zero-order valence-corrected chi connectivity index (χ0v) is 12.2. The molecule has 3 heterocycles. The van der Waals surface area contributed by atoms with E-state index in [1.54, 1.807) is 6.20 Å². The zero-order valence-electron chi connectivity index (χ0n) is 12.2. The molecule has 0 spiro atoms. The van der Waals surface area contributed by atoms with Crippen LogP contribution in [-0.4, -0.2) is 34.2 Å². The minimum absolute atomic E-state index is 0.0921. The number of hydrogen-bond acceptors (Lipinski definition) is 5. The van der Waals surface area contributed by atoms with Crippen molar-refractivity contribution in [3.05, 3.63) is 46.9 Å². The number of rotatable bonds is 3. The average molecular weight is 299 g/mol.